The highest BCUT2D eigenvalue weighted by molar-refractivity contribution is 7.67. The van der Waals surface area contributed by atoms with Gasteiger partial charge in [0.25, 0.3) is 7.37 Å². The molecule has 0 spiro atoms. The summed E-state index contributed by atoms with van der Waals surface area (Å²) in [5.41, 5.74) is 1.41. The first-order chi connectivity index (χ1) is 16.1. The fraction of sp³-hybridized carbons (Fsp3) is 0.556. The lowest BCUT2D eigenvalue weighted by Crippen LogP contribution is -2.35. The van der Waals surface area contributed by atoms with Crippen molar-refractivity contribution in [3.63, 3.8) is 0 Å². The summed E-state index contributed by atoms with van der Waals surface area (Å²) >= 11 is 0. The lowest BCUT2D eigenvalue weighted by Gasteiger charge is -2.40. The molecule has 1 saturated carbocycles. The zero-order valence-corrected chi connectivity index (χ0v) is 22.4. The Balaban J connectivity index is 2.09. The Kier molecular flexibility index (Phi) is 8.72. The van der Waals surface area contributed by atoms with Gasteiger partial charge in [-0.3, -0.25) is 4.57 Å². The van der Waals surface area contributed by atoms with Crippen molar-refractivity contribution in [3.8, 4) is 11.5 Å². The molecule has 7 heteroatoms. The highest BCUT2D eigenvalue weighted by Crippen LogP contribution is 2.61. The van der Waals surface area contributed by atoms with E-state index in [0.29, 0.717) is 34.2 Å². The van der Waals surface area contributed by atoms with Gasteiger partial charge in [0.1, 0.15) is 11.5 Å². The molecule has 1 aliphatic carbocycles. The second-order valence-corrected chi connectivity index (χ2v) is 12.4. The third-order valence-electron chi connectivity index (χ3n) is 7.02. The molecule has 0 amide bonds. The molecule has 34 heavy (non-hydrogen) atoms. The van der Waals surface area contributed by atoms with Crippen LogP contribution in [0.25, 0.3) is 0 Å². The van der Waals surface area contributed by atoms with Crippen LogP contribution in [0.5, 0.6) is 11.5 Å². The number of benzene rings is 2. The van der Waals surface area contributed by atoms with Crippen molar-refractivity contribution >= 4 is 18.4 Å². The van der Waals surface area contributed by atoms with Crippen LogP contribution < -0.4 is 19.7 Å². The summed E-state index contributed by atoms with van der Waals surface area (Å²) in [5.74, 6) is 0.809. The maximum atomic E-state index is 14.8. The van der Waals surface area contributed by atoms with Crippen LogP contribution in [-0.2, 0) is 9.09 Å². The molecule has 5 atom stereocenters. The van der Waals surface area contributed by atoms with Crippen molar-refractivity contribution in [2.45, 2.75) is 52.0 Å². The zero-order chi connectivity index (χ0) is 25.0. The van der Waals surface area contributed by atoms with Crippen molar-refractivity contribution in [1.29, 1.82) is 0 Å². The van der Waals surface area contributed by atoms with Crippen LogP contribution in [0.15, 0.2) is 42.5 Å². The number of anilines is 1. The molecule has 1 aliphatic rings. The fourth-order valence-corrected chi connectivity index (χ4v) is 7.18. The van der Waals surface area contributed by atoms with Crippen molar-refractivity contribution in [2.75, 3.05) is 33.2 Å². The number of methoxy groups -OCH3 is 2. The van der Waals surface area contributed by atoms with E-state index in [9.17, 15) is 9.67 Å². The second kappa shape index (κ2) is 11.2. The average Bonchev–Trinajstić information content (AvgIpc) is 2.82. The second-order valence-electron chi connectivity index (χ2n) is 9.96. The van der Waals surface area contributed by atoms with E-state index >= 15 is 0 Å². The van der Waals surface area contributed by atoms with Gasteiger partial charge < -0.3 is 24.0 Å². The van der Waals surface area contributed by atoms with Crippen molar-refractivity contribution < 1.29 is 23.7 Å². The Morgan fingerprint density at radius 3 is 2.26 bits per heavy atom. The third kappa shape index (κ3) is 5.62. The summed E-state index contributed by atoms with van der Waals surface area (Å²) in [4.78, 5) is 1.98. The van der Waals surface area contributed by atoms with E-state index < -0.39 is 13.2 Å². The quantitative estimate of drug-likeness (QED) is 0.446. The molecule has 3 rings (SSSR count). The Labute approximate surface area is 204 Å². The smallest absolute Gasteiger partial charge is 0.264 e. The molecule has 0 aliphatic heterocycles. The van der Waals surface area contributed by atoms with Crippen LogP contribution in [0.1, 0.15) is 51.4 Å². The average molecular weight is 490 g/mol. The van der Waals surface area contributed by atoms with Gasteiger partial charge in [0.2, 0.25) is 0 Å². The highest BCUT2D eigenvalue weighted by atomic mass is 31.2. The Hall–Kier alpha value is -2.01. The summed E-state index contributed by atoms with van der Waals surface area (Å²) < 4.78 is 32.2. The molecule has 0 unspecified atom stereocenters. The predicted molar refractivity (Wildman–Crippen MR) is 139 cm³/mol. The summed E-state index contributed by atoms with van der Waals surface area (Å²) in [6, 6.07) is 12.6. The number of nitrogens with zero attached hydrogens (tertiary/aromatic N) is 1. The van der Waals surface area contributed by atoms with Gasteiger partial charge in [-0.25, -0.2) is 0 Å². The molecule has 188 valence electrons. The number of ether oxygens (including phenoxy) is 2. The first-order valence-corrected chi connectivity index (χ1v) is 13.8. The standard InChI is InChI=1S/C27H40NO5P/c1-18(2)23-14-8-19(3)16-26(23)33-34(30,22-12-9-20(10-13-22)28(4)5)27(29)24-15-11-21(31-6)17-25(24)32-7/h9-13,15,17-19,23,26-27,29H,8,14,16H2,1-7H3/t19-,23-,26-,27-,34-/m1/s1. The van der Waals surface area contributed by atoms with Crippen LogP contribution in [0.4, 0.5) is 5.69 Å². The normalized spacial score (nSPS) is 23.3. The van der Waals surface area contributed by atoms with Gasteiger partial charge in [-0.15, -0.1) is 0 Å². The molecule has 0 heterocycles. The Morgan fingerprint density at radius 2 is 1.71 bits per heavy atom. The topological polar surface area (TPSA) is 68.2 Å². The monoisotopic (exact) mass is 489 g/mol. The van der Waals surface area contributed by atoms with Gasteiger partial charge in [0.05, 0.1) is 20.3 Å². The summed E-state index contributed by atoms with van der Waals surface area (Å²) in [5, 5.41) is 12.2. The van der Waals surface area contributed by atoms with Gasteiger partial charge in [0, 0.05) is 36.7 Å². The summed E-state index contributed by atoms with van der Waals surface area (Å²) in [7, 11) is 3.26. The minimum Gasteiger partial charge on any atom is -0.497 e. The highest BCUT2D eigenvalue weighted by Gasteiger charge is 2.43. The Bertz CT molecular complexity index is 991. The van der Waals surface area contributed by atoms with Crippen molar-refractivity contribution in [3.05, 3.63) is 48.0 Å². The third-order valence-corrected chi connectivity index (χ3v) is 9.54. The molecule has 0 radical (unpaired) electrons. The van der Waals surface area contributed by atoms with Crippen molar-refractivity contribution in [1.82, 2.24) is 0 Å². The van der Waals surface area contributed by atoms with E-state index in [-0.39, 0.29) is 12.0 Å². The maximum Gasteiger partial charge on any atom is 0.264 e. The number of aliphatic hydroxyl groups excluding tert-OH is 1. The van der Waals surface area contributed by atoms with Gasteiger partial charge in [-0.1, -0.05) is 27.2 Å². The number of rotatable bonds is 9. The van der Waals surface area contributed by atoms with Gasteiger partial charge >= 0.3 is 0 Å². The van der Waals surface area contributed by atoms with E-state index in [2.05, 4.69) is 20.8 Å². The zero-order valence-electron chi connectivity index (χ0n) is 21.5. The van der Waals surface area contributed by atoms with E-state index in [0.717, 1.165) is 24.9 Å². The summed E-state index contributed by atoms with van der Waals surface area (Å²) in [6.45, 7) is 6.60. The minimum absolute atomic E-state index is 0.193. The lowest BCUT2D eigenvalue weighted by atomic mass is 9.75. The summed E-state index contributed by atoms with van der Waals surface area (Å²) in [6.07, 6.45) is 2.81. The van der Waals surface area contributed by atoms with E-state index in [1.165, 1.54) is 7.11 Å². The molecular formula is C27H40NO5P. The molecule has 2 aromatic carbocycles. The Morgan fingerprint density at radius 1 is 1.03 bits per heavy atom. The van der Waals surface area contributed by atoms with Crippen molar-refractivity contribution in [2.24, 2.45) is 17.8 Å². The molecule has 1 fully saturated rings. The molecule has 0 bridgehead atoms. The molecule has 0 aromatic heterocycles. The van der Waals surface area contributed by atoms with Crippen LogP contribution in [0.2, 0.25) is 0 Å². The maximum absolute atomic E-state index is 14.8. The molecular weight excluding hydrogens is 449 g/mol. The van der Waals surface area contributed by atoms with Gasteiger partial charge in [0.15, 0.2) is 5.85 Å². The van der Waals surface area contributed by atoms with E-state index in [1.807, 2.05) is 43.3 Å². The molecule has 1 N–H and O–H groups in total. The first-order valence-electron chi connectivity index (χ1n) is 12.1. The van der Waals surface area contributed by atoms with Crippen LogP contribution in [-0.4, -0.2) is 39.5 Å². The lowest BCUT2D eigenvalue weighted by molar-refractivity contribution is 0.0425. The SMILES string of the molecule is COc1ccc([C@H](O)[P@](=O)(O[C@@H]2C[C@H](C)CC[C@@H]2C(C)C)c2ccc(N(C)C)cc2)c(OC)c1. The van der Waals surface area contributed by atoms with Gasteiger partial charge in [-0.2, -0.15) is 0 Å². The number of hydrogen-bond donors (Lipinski definition) is 1. The molecule has 6 nitrogen and oxygen atoms in total. The van der Waals surface area contributed by atoms with E-state index in [1.54, 1.807) is 25.3 Å². The van der Waals surface area contributed by atoms with E-state index in [4.69, 9.17) is 14.0 Å². The number of aliphatic hydroxyl groups is 1. The van der Waals surface area contributed by atoms with Crippen LogP contribution in [0, 0.1) is 17.8 Å². The molecule has 0 saturated heterocycles. The minimum atomic E-state index is -3.75. The molecule has 2 aromatic rings. The largest absolute Gasteiger partial charge is 0.497 e. The van der Waals surface area contributed by atoms with Crippen LogP contribution in [0.3, 0.4) is 0 Å². The first kappa shape index (κ1) is 26.6. The predicted octanol–water partition coefficient (Wildman–Crippen LogP) is 5.84. The van der Waals surface area contributed by atoms with Gasteiger partial charge in [-0.05, 0) is 67.0 Å². The van der Waals surface area contributed by atoms with Crippen LogP contribution >= 0.6 is 7.37 Å². The fourth-order valence-electron chi connectivity index (χ4n) is 4.87. The number of hydrogen-bond acceptors (Lipinski definition) is 6.